The van der Waals surface area contributed by atoms with Gasteiger partial charge in [0.05, 0.1) is 13.7 Å². The SMILES string of the molecule is CCOC(=O)C1CC2(CCN(C(=O)OC(C)(C)C)CC2)CN1C(=O)[C@@H](NC(=O)OC)C(C)C. The molecule has 188 valence electrons. The molecule has 0 aliphatic carbocycles. The minimum Gasteiger partial charge on any atom is -0.464 e. The van der Waals surface area contributed by atoms with Crippen molar-refractivity contribution in [2.45, 2.75) is 78.5 Å². The fourth-order valence-corrected chi connectivity index (χ4v) is 4.47. The van der Waals surface area contributed by atoms with Crippen LogP contribution in [-0.2, 0) is 23.8 Å². The van der Waals surface area contributed by atoms with Crippen LogP contribution in [0.2, 0.25) is 0 Å². The van der Waals surface area contributed by atoms with Crippen LogP contribution in [-0.4, -0.2) is 84.9 Å². The zero-order valence-electron chi connectivity index (χ0n) is 20.9. The van der Waals surface area contributed by atoms with Gasteiger partial charge in [-0.25, -0.2) is 14.4 Å². The topological polar surface area (TPSA) is 114 Å². The smallest absolute Gasteiger partial charge is 0.410 e. The molecule has 0 aromatic carbocycles. The molecule has 0 aromatic heterocycles. The van der Waals surface area contributed by atoms with Crippen LogP contribution in [0, 0.1) is 11.3 Å². The second kappa shape index (κ2) is 10.6. The molecule has 0 bridgehead atoms. The van der Waals surface area contributed by atoms with Gasteiger partial charge in [0.25, 0.3) is 0 Å². The van der Waals surface area contributed by atoms with E-state index >= 15 is 0 Å². The minimum atomic E-state index is -0.827. The Morgan fingerprint density at radius 2 is 1.73 bits per heavy atom. The first kappa shape index (κ1) is 26.7. The Labute approximate surface area is 196 Å². The molecule has 2 atom stereocenters. The minimum absolute atomic E-state index is 0.204. The lowest BCUT2D eigenvalue weighted by atomic mass is 9.76. The molecule has 10 nitrogen and oxygen atoms in total. The summed E-state index contributed by atoms with van der Waals surface area (Å²) in [6.45, 7) is 12.4. The van der Waals surface area contributed by atoms with E-state index in [-0.39, 0.29) is 29.9 Å². The van der Waals surface area contributed by atoms with Crippen LogP contribution < -0.4 is 5.32 Å². The molecular weight excluding hydrogens is 430 g/mol. The van der Waals surface area contributed by atoms with Crippen molar-refractivity contribution in [3.8, 4) is 0 Å². The maximum Gasteiger partial charge on any atom is 0.410 e. The molecule has 1 spiro atoms. The zero-order valence-corrected chi connectivity index (χ0v) is 20.9. The Bertz CT molecular complexity index is 739. The van der Waals surface area contributed by atoms with Gasteiger partial charge in [-0.2, -0.15) is 0 Å². The van der Waals surface area contributed by atoms with Crippen molar-refractivity contribution in [1.29, 1.82) is 0 Å². The molecule has 2 heterocycles. The van der Waals surface area contributed by atoms with Gasteiger partial charge in [0, 0.05) is 19.6 Å². The maximum absolute atomic E-state index is 13.5. The molecule has 2 aliphatic heterocycles. The van der Waals surface area contributed by atoms with Gasteiger partial charge in [-0.3, -0.25) is 4.79 Å². The number of nitrogens with zero attached hydrogens (tertiary/aromatic N) is 2. The number of carbonyl (C=O) groups is 4. The molecule has 10 heteroatoms. The number of carbonyl (C=O) groups excluding carboxylic acids is 4. The van der Waals surface area contributed by atoms with Crippen molar-refractivity contribution in [2.24, 2.45) is 11.3 Å². The third-order valence-corrected chi connectivity index (χ3v) is 6.22. The number of nitrogens with one attached hydrogen (secondary N) is 1. The normalized spacial score (nSPS) is 21.0. The van der Waals surface area contributed by atoms with Crippen LogP contribution in [0.15, 0.2) is 0 Å². The van der Waals surface area contributed by atoms with Crippen molar-refractivity contribution >= 4 is 24.1 Å². The summed E-state index contributed by atoms with van der Waals surface area (Å²) in [5.74, 6) is -0.984. The quantitative estimate of drug-likeness (QED) is 0.486. The first-order valence-corrected chi connectivity index (χ1v) is 11.6. The van der Waals surface area contributed by atoms with E-state index in [4.69, 9.17) is 9.47 Å². The molecule has 2 fully saturated rings. The van der Waals surface area contributed by atoms with Gasteiger partial charge in [-0.15, -0.1) is 0 Å². The monoisotopic (exact) mass is 469 g/mol. The van der Waals surface area contributed by atoms with Gasteiger partial charge in [0.2, 0.25) is 5.91 Å². The van der Waals surface area contributed by atoms with E-state index in [0.717, 1.165) is 0 Å². The van der Waals surface area contributed by atoms with Crippen molar-refractivity contribution in [3.05, 3.63) is 0 Å². The highest BCUT2D eigenvalue weighted by molar-refractivity contribution is 5.90. The summed E-state index contributed by atoms with van der Waals surface area (Å²) in [7, 11) is 1.24. The number of esters is 1. The number of likely N-dealkylation sites (tertiary alicyclic amines) is 2. The van der Waals surface area contributed by atoms with Crippen molar-refractivity contribution in [2.75, 3.05) is 33.4 Å². The number of piperidine rings is 1. The predicted octanol–water partition coefficient (Wildman–Crippen LogP) is 2.55. The first-order chi connectivity index (χ1) is 15.3. The highest BCUT2D eigenvalue weighted by Gasteiger charge is 2.52. The molecule has 0 radical (unpaired) electrons. The lowest BCUT2D eigenvalue weighted by molar-refractivity contribution is -0.153. The number of hydrogen-bond acceptors (Lipinski definition) is 7. The summed E-state index contributed by atoms with van der Waals surface area (Å²) >= 11 is 0. The largest absolute Gasteiger partial charge is 0.464 e. The lowest BCUT2D eigenvalue weighted by Crippen LogP contribution is -2.54. The first-order valence-electron chi connectivity index (χ1n) is 11.6. The number of ether oxygens (including phenoxy) is 3. The summed E-state index contributed by atoms with van der Waals surface area (Å²) in [4.78, 5) is 53.7. The number of rotatable bonds is 5. The van der Waals surface area contributed by atoms with Gasteiger partial charge in [0.15, 0.2) is 0 Å². The molecule has 2 aliphatic rings. The van der Waals surface area contributed by atoms with E-state index < -0.39 is 29.7 Å². The van der Waals surface area contributed by atoms with Crippen LogP contribution in [0.4, 0.5) is 9.59 Å². The van der Waals surface area contributed by atoms with Gasteiger partial charge >= 0.3 is 18.2 Å². The number of alkyl carbamates (subject to hydrolysis) is 1. The predicted molar refractivity (Wildman–Crippen MR) is 120 cm³/mol. The summed E-state index contributed by atoms with van der Waals surface area (Å²) < 4.78 is 15.4. The number of amides is 3. The third-order valence-electron chi connectivity index (χ3n) is 6.22. The Morgan fingerprint density at radius 3 is 2.21 bits per heavy atom. The molecule has 2 saturated heterocycles. The molecule has 1 N–H and O–H groups in total. The number of methoxy groups -OCH3 is 1. The molecule has 0 aromatic rings. The fraction of sp³-hybridized carbons (Fsp3) is 0.826. The van der Waals surface area contributed by atoms with E-state index in [9.17, 15) is 19.2 Å². The Kier molecular flexibility index (Phi) is 8.59. The summed E-state index contributed by atoms with van der Waals surface area (Å²) in [5.41, 5.74) is -0.880. The van der Waals surface area contributed by atoms with Crippen LogP contribution in [0.25, 0.3) is 0 Å². The van der Waals surface area contributed by atoms with Crippen molar-refractivity contribution in [3.63, 3.8) is 0 Å². The average Bonchev–Trinajstić information content (AvgIpc) is 3.09. The van der Waals surface area contributed by atoms with Crippen LogP contribution in [0.5, 0.6) is 0 Å². The standard InChI is InChI=1S/C23H39N3O7/c1-8-32-19(28)16-13-23(9-11-25(12-10-23)21(30)33-22(4,5)6)14-26(16)18(27)17(15(2)3)24-20(29)31-7/h15-17H,8-14H2,1-7H3,(H,24,29)/t16?,17-/m0/s1. The Balaban J connectivity index is 2.19. The molecule has 33 heavy (non-hydrogen) atoms. The van der Waals surface area contributed by atoms with E-state index in [1.807, 2.05) is 34.6 Å². The molecule has 1 unspecified atom stereocenters. The maximum atomic E-state index is 13.5. The molecule has 2 rings (SSSR count). The van der Waals surface area contributed by atoms with E-state index in [1.54, 1.807) is 16.7 Å². The third kappa shape index (κ3) is 6.74. The highest BCUT2D eigenvalue weighted by Crippen LogP contribution is 2.44. The van der Waals surface area contributed by atoms with Gasteiger partial charge < -0.3 is 29.3 Å². The Morgan fingerprint density at radius 1 is 1.12 bits per heavy atom. The second-order valence-corrected chi connectivity index (χ2v) is 10.3. The Hall–Kier alpha value is -2.52. The number of hydrogen-bond donors (Lipinski definition) is 1. The van der Waals surface area contributed by atoms with Crippen molar-refractivity contribution < 1.29 is 33.4 Å². The zero-order chi connectivity index (χ0) is 25.0. The van der Waals surface area contributed by atoms with Gasteiger partial charge in [-0.1, -0.05) is 13.8 Å². The summed E-state index contributed by atoms with van der Waals surface area (Å²) in [6, 6.07) is -1.56. The highest BCUT2D eigenvalue weighted by atomic mass is 16.6. The van der Waals surface area contributed by atoms with E-state index in [0.29, 0.717) is 38.9 Å². The summed E-state index contributed by atoms with van der Waals surface area (Å²) in [5, 5.41) is 2.60. The second-order valence-electron chi connectivity index (χ2n) is 10.3. The van der Waals surface area contributed by atoms with Crippen LogP contribution in [0.1, 0.15) is 60.8 Å². The fourth-order valence-electron chi connectivity index (χ4n) is 4.47. The van der Waals surface area contributed by atoms with Crippen molar-refractivity contribution in [1.82, 2.24) is 15.1 Å². The van der Waals surface area contributed by atoms with Crippen LogP contribution >= 0.6 is 0 Å². The van der Waals surface area contributed by atoms with E-state index in [1.165, 1.54) is 7.11 Å². The molecule has 3 amide bonds. The molecule has 0 saturated carbocycles. The average molecular weight is 470 g/mol. The summed E-state index contributed by atoms with van der Waals surface area (Å²) in [6.07, 6.45) is 0.690. The van der Waals surface area contributed by atoms with Crippen LogP contribution in [0.3, 0.4) is 0 Å². The molecular formula is C23H39N3O7. The lowest BCUT2D eigenvalue weighted by Gasteiger charge is -2.39. The van der Waals surface area contributed by atoms with Gasteiger partial charge in [0.1, 0.15) is 17.7 Å². The van der Waals surface area contributed by atoms with Gasteiger partial charge in [-0.05, 0) is 58.3 Å². The van der Waals surface area contributed by atoms with E-state index in [2.05, 4.69) is 10.1 Å².